The van der Waals surface area contributed by atoms with Crippen LogP contribution in [0.5, 0.6) is 17.2 Å². The third-order valence-corrected chi connectivity index (χ3v) is 5.37. The summed E-state index contributed by atoms with van der Waals surface area (Å²) >= 11 is 0. The lowest BCUT2D eigenvalue weighted by atomic mass is 9.87. The summed E-state index contributed by atoms with van der Waals surface area (Å²) in [5.74, 6) is 0.0269. The Bertz CT molecular complexity index is 1530. The number of nitrogens with zero attached hydrogens (tertiary/aromatic N) is 1. The average molecular weight is 485 g/mol. The summed E-state index contributed by atoms with van der Waals surface area (Å²) in [5, 5.41) is 11.1. The van der Waals surface area contributed by atoms with E-state index in [1.165, 1.54) is 48.7 Å². The van der Waals surface area contributed by atoms with E-state index in [1.54, 1.807) is 18.2 Å². The largest absolute Gasteiger partial charge is 0.460 e. The lowest BCUT2D eigenvalue weighted by molar-refractivity contribution is -0.384. The molecule has 8 heteroatoms. The standard InChI is InChI=1S/C28H23NO7/c1-28(2,3)19-8-10-21(11-9-19)35-25-17-34-24-16-22(12-13-23(24)27(25)31)36-26(30)14-7-18-5-4-6-20(15-18)29(32)33/h4-17H,1-3H3/b14-7+. The van der Waals surface area contributed by atoms with Crippen molar-refractivity contribution >= 4 is 28.7 Å². The number of hydrogen-bond donors (Lipinski definition) is 0. The van der Waals surface area contributed by atoms with E-state index < -0.39 is 10.9 Å². The van der Waals surface area contributed by atoms with Gasteiger partial charge >= 0.3 is 5.97 Å². The van der Waals surface area contributed by atoms with Crippen LogP contribution in [-0.2, 0) is 10.2 Å². The molecular weight excluding hydrogens is 462 g/mol. The zero-order valence-corrected chi connectivity index (χ0v) is 19.9. The SMILES string of the molecule is CC(C)(C)c1ccc(Oc2coc3cc(OC(=O)/C=C/c4cccc([N+](=O)[O-])c4)ccc3c2=O)cc1. The van der Waals surface area contributed by atoms with Gasteiger partial charge in [-0.15, -0.1) is 0 Å². The second-order valence-corrected chi connectivity index (χ2v) is 9.07. The van der Waals surface area contributed by atoms with E-state index in [-0.39, 0.29) is 39.0 Å². The molecule has 8 nitrogen and oxygen atoms in total. The van der Waals surface area contributed by atoms with Gasteiger partial charge in [0.05, 0.1) is 10.3 Å². The van der Waals surface area contributed by atoms with Gasteiger partial charge in [0, 0.05) is 24.3 Å². The highest BCUT2D eigenvalue weighted by molar-refractivity contribution is 5.89. The van der Waals surface area contributed by atoms with Crippen LogP contribution in [0.3, 0.4) is 0 Å². The van der Waals surface area contributed by atoms with E-state index in [0.717, 1.165) is 11.6 Å². The van der Waals surface area contributed by atoms with E-state index in [9.17, 15) is 19.7 Å². The Morgan fingerprint density at radius 2 is 1.72 bits per heavy atom. The normalized spacial score (nSPS) is 11.5. The summed E-state index contributed by atoms with van der Waals surface area (Å²) in [5.41, 5.74) is 1.40. The highest BCUT2D eigenvalue weighted by Gasteiger charge is 2.15. The maximum absolute atomic E-state index is 12.9. The zero-order chi connectivity index (χ0) is 25.9. The van der Waals surface area contributed by atoms with Crippen molar-refractivity contribution in [3.05, 3.63) is 111 Å². The van der Waals surface area contributed by atoms with Gasteiger partial charge in [0.2, 0.25) is 11.2 Å². The van der Waals surface area contributed by atoms with Gasteiger partial charge in [-0.1, -0.05) is 45.0 Å². The van der Waals surface area contributed by atoms with Crippen LogP contribution in [0.1, 0.15) is 31.9 Å². The molecule has 0 amide bonds. The van der Waals surface area contributed by atoms with Crippen LogP contribution >= 0.6 is 0 Å². The van der Waals surface area contributed by atoms with Crippen LogP contribution in [-0.4, -0.2) is 10.9 Å². The lowest BCUT2D eigenvalue weighted by Gasteiger charge is -2.19. The number of nitro benzene ring substituents is 1. The second kappa shape index (κ2) is 9.87. The molecule has 182 valence electrons. The molecule has 0 radical (unpaired) electrons. The number of nitro groups is 1. The van der Waals surface area contributed by atoms with Gasteiger partial charge in [0.15, 0.2) is 0 Å². The first-order chi connectivity index (χ1) is 17.1. The monoisotopic (exact) mass is 485 g/mol. The molecule has 0 saturated carbocycles. The molecule has 0 atom stereocenters. The molecule has 1 heterocycles. The fraction of sp³-hybridized carbons (Fsp3) is 0.143. The number of hydrogen-bond acceptors (Lipinski definition) is 7. The molecule has 4 rings (SSSR count). The van der Waals surface area contributed by atoms with Crippen molar-refractivity contribution in [2.45, 2.75) is 26.2 Å². The maximum Gasteiger partial charge on any atom is 0.336 e. The molecule has 0 aliphatic carbocycles. The van der Waals surface area contributed by atoms with E-state index in [0.29, 0.717) is 11.3 Å². The molecule has 0 N–H and O–H groups in total. The quantitative estimate of drug-likeness (QED) is 0.102. The predicted octanol–water partition coefficient (Wildman–Crippen LogP) is 6.41. The van der Waals surface area contributed by atoms with Crippen molar-refractivity contribution < 1.29 is 23.6 Å². The summed E-state index contributed by atoms with van der Waals surface area (Å²) in [6, 6.07) is 17.7. The van der Waals surface area contributed by atoms with Crippen molar-refractivity contribution in [3.63, 3.8) is 0 Å². The highest BCUT2D eigenvalue weighted by atomic mass is 16.6. The molecule has 3 aromatic carbocycles. The van der Waals surface area contributed by atoms with Gasteiger partial charge in [0.1, 0.15) is 23.3 Å². The molecule has 0 saturated heterocycles. The molecule has 0 unspecified atom stereocenters. The Balaban J connectivity index is 1.48. The van der Waals surface area contributed by atoms with E-state index in [2.05, 4.69) is 20.8 Å². The Kier molecular flexibility index (Phi) is 6.69. The van der Waals surface area contributed by atoms with Crippen molar-refractivity contribution in [1.29, 1.82) is 0 Å². The average Bonchev–Trinajstić information content (AvgIpc) is 2.84. The Hall–Kier alpha value is -4.72. The van der Waals surface area contributed by atoms with Crippen molar-refractivity contribution in [2.75, 3.05) is 0 Å². The predicted molar refractivity (Wildman–Crippen MR) is 135 cm³/mol. The number of fused-ring (bicyclic) bond motifs is 1. The van der Waals surface area contributed by atoms with E-state index in [4.69, 9.17) is 13.9 Å². The van der Waals surface area contributed by atoms with Gasteiger partial charge in [-0.25, -0.2) is 4.79 Å². The summed E-state index contributed by atoms with van der Waals surface area (Å²) in [6.07, 6.45) is 3.78. The number of rotatable bonds is 6. The second-order valence-electron chi connectivity index (χ2n) is 9.07. The minimum atomic E-state index is -0.693. The Labute approximate surface area is 206 Å². The summed E-state index contributed by atoms with van der Waals surface area (Å²) < 4.78 is 16.6. The van der Waals surface area contributed by atoms with Crippen LogP contribution < -0.4 is 14.9 Å². The third kappa shape index (κ3) is 5.67. The molecule has 0 aliphatic rings. The zero-order valence-electron chi connectivity index (χ0n) is 19.9. The van der Waals surface area contributed by atoms with Gasteiger partial charge in [-0.2, -0.15) is 0 Å². The molecule has 0 aliphatic heterocycles. The molecule has 1 aromatic heterocycles. The number of ether oxygens (including phenoxy) is 2. The minimum absolute atomic E-state index is 0.000237. The van der Waals surface area contributed by atoms with Crippen LogP contribution in [0.4, 0.5) is 5.69 Å². The number of benzene rings is 3. The summed E-state index contributed by atoms with van der Waals surface area (Å²) in [4.78, 5) is 35.4. The van der Waals surface area contributed by atoms with Gasteiger partial charge in [0.25, 0.3) is 5.69 Å². The lowest BCUT2D eigenvalue weighted by Crippen LogP contribution is -2.10. The Morgan fingerprint density at radius 3 is 2.42 bits per heavy atom. The number of non-ortho nitro benzene ring substituents is 1. The van der Waals surface area contributed by atoms with Crippen LogP contribution in [0.2, 0.25) is 0 Å². The van der Waals surface area contributed by atoms with Crippen LogP contribution in [0.25, 0.3) is 17.0 Å². The minimum Gasteiger partial charge on any atom is -0.460 e. The van der Waals surface area contributed by atoms with Crippen molar-refractivity contribution in [1.82, 2.24) is 0 Å². The first-order valence-electron chi connectivity index (χ1n) is 11.1. The van der Waals surface area contributed by atoms with Gasteiger partial charge in [-0.05, 0) is 46.9 Å². The van der Waals surface area contributed by atoms with E-state index >= 15 is 0 Å². The molecule has 0 fully saturated rings. The van der Waals surface area contributed by atoms with Crippen molar-refractivity contribution in [2.24, 2.45) is 0 Å². The first-order valence-corrected chi connectivity index (χ1v) is 11.1. The fourth-order valence-corrected chi connectivity index (χ4v) is 3.43. The summed E-state index contributed by atoms with van der Waals surface area (Å²) in [6.45, 7) is 6.33. The molecular formula is C28H23NO7. The molecule has 4 aromatic rings. The van der Waals surface area contributed by atoms with Crippen LogP contribution in [0.15, 0.2) is 88.3 Å². The maximum atomic E-state index is 12.9. The molecule has 0 spiro atoms. The highest BCUT2D eigenvalue weighted by Crippen LogP contribution is 2.27. The van der Waals surface area contributed by atoms with Gasteiger partial charge < -0.3 is 13.9 Å². The molecule has 0 bridgehead atoms. The van der Waals surface area contributed by atoms with Gasteiger partial charge in [-0.3, -0.25) is 14.9 Å². The molecule has 36 heavy (non-hydrogen) atoms. The number of carbonyl (C=O) groups is 1. The first kappa shape index (κ1) is 24.4. The van der Waals surface area contributed by atoms with E-state index in [1.807, 2.05) is 12.1 Å². The van der Waals surface area contributed by atoms with Crippen molar-refractivity contribution in [3.8, 4) is 17.2 Å². The Morgan fingerprint density at radius 1 is 1.00 bits per heavy atom. The summed E-state index contributed by atoms with van der Waals surface area (Å²) in [7, 11) is 0. The number of esters is 1. The number of carbonyl (C=O) groups excluding carboxylic acids is 1. The smallest absolute Gasteiger partial charge is 0.336 e. The fourth-order valence-electron chi connectivity index (χ4n) is 3.43. The third-order valence-electron chi connectivity index (χ3n) is 5.37. The topological polar surface area (TPSA) is 109 Å². The van der Waals surface area contributed by atoms with Crippen LogP contribution in [0, 0.1) is 10.1 Å².